The molecule has 1 aliphatic rings. The van der Waals surface area contributed by atoms with E-state index in [-0.39, 0.29) is 11.3 Å². The van der Waals surface area contributed by atoms with Gasteiger partial charge < -0.3 is 15.8 Å². The highest BCUT2D eigenvalue weighted by Gasteiger charge is 2.29. The van der Waals surface area contributed by atoms with Crippen molar-refractivity contribution < 1.29 is 5.11 Å². The fourth-order valence-electron chi connectivity index (χ4n) is 4.18. The Kier molecular flexibility index (Phi) is 4.10. The standard InChI is InChI=1S/C24H22N4O2/c1-12-3-6-18(29)13(2)19(12)17-11-16(14-4-5-14)22-20(21(17)25)24(30)28-23(27-22)15-7-9-26-10-8-15/h3,6-11,14,29H,4-5,25H2,1-2H3,(H,27,28,30). The van der Waals surface area contributed by atoms with Gasteiger partial charge in [-0.05, 0) is 79.1 Å². The van der Waals surface area contributed by atoms with E-state index in [9.17, 15) is 9.90 Å². The van der Waals surface area contributed by atoms with Crippen molar-refractivity contribution in [1.29, 1.82) is 0 Å². The lowest BCUT2D eigenvalue weighted by molar-refractivity contribution is 0.471. The topological polar surface area (TPSA) is 105 Å². The number of aromatic amines is 1. The predicted molar refractivity (Wildman–Crippen MR) is 119 cm³/mol. The number of pyridine rings is 1. The third-order valence-electron chi connectivity index (χ3n) is 5.94. The summed E-state index contributed by atoms with van der Waals surface area (Å²) in [6.07, 6.45) is 5.48. The largest absolute Gasteiger partial charge is 0.508 e. The molecule has 1 fully saturated rings. The van der Waals surface area contributed by atoms with Crippen LogP contribution in [0, 0.1) is 13.8 Å². The molecule has 6 heteroatoms. The molecule has 1 saturated carbocycles. The first-order valence-corrected chi connectivity index (χ1v) is 10.0. The second kappa shape index (κ2) is 6.69. The first-order valence-electron chi connectivity index (χ1n) is 10.0. The Morgan fingerprint density at radius 3 is 2.57 bits per heavy atom. The van der Waals surface area contributed by atoms with Crippen LogP contribution >= 0.6 is 0 Å². The predicted octanol–water partition coefficient (Wildman–Crippen LogP) is 4.43. The number of fused-ring (bicyclic) bond motifs is 1. The Bertz CT molecular complexity index is 1360. The Labute approximate surface area is 173 Å². The molecule has 0 amide bonds. The van der Waals surface area contributed by atoms with E-state index in [0.29, 0.717) is 28.3 Å². The van der Waals surface area contributed by atoms with Crippen molar-refractivity contribution >= 4 is 16.6 Å². The van der Waals surface area contributed by atoms with E-state index in [1.165, 1.54) is 0 Å². The number of phenols is 1. The number of hydrogen-bond acceptors (Lipinski definition) is 5. The summed E-state index contributed by atoms with van der Waals surface area (Å²) in [5.74, 6) is 1.08. The lowest BCUT2D eigenvalue weighted by Crippen LogP contribution is -2.14. The number of aryl methyl sites for hydroxylation is 1. The molecule has 4 aromatic rings. The molecular formula is C24H22N4O2. The zero-order chi connectivity index (χ0) is 21.0. The van der Waals surface area contributed by atoms with Crippen molar-refractivity contribution in [2.24, 2.45) is 0 Å². The fourth-order valence-corrected chi connectivity index (χ4v) is 4.18. The Hall–Kier alpha value is -3.67. The molecule has 0 atom stereocenters. The van der Waals surface area contributed by atoms with E-state index in [1.807, 2.05) is 32.0 Å². The van der Waals surface area contributed by atoms with Gasteiger partial charge in [0, 0.05) is 23.5 Å². The molecule has 1 aliphatic carbocycles. The molecular weight excluding hydrogens is 376 g/mol. The zero-order valence-corrected chi connectivity index (χ0v) is 16.9. The van der Waals surface area contributed by atoms with Crippen molar-refractivity contribution in [2.45, 2.75) is 32.6 Å². The third kappa shape index (κ3) is 2.84. The lowest BCUT2D eigenvalue weighted by atomic mass is 9.90. The third-order valence-corrected chi connectivity index (χ3v) is 5.94. The molecule has 0 aliphatic heterocycles. The molecule has 2 heterocycles. The molecule has 0 spiro atoms. The van der Waals surface area contributed by atoms with Crippen LogP contribution in [0.5, 0.6) is 5.75 Å². The molecule has 0 unspecified atom stereocenters. The number of benzene rings is 2. The van der Waals surface area contributed by atoms with E-state index in [2.05, 4.69) is 16.0 Å². The van der Waals surface area contributed by atoms with Crippen molar-refractivity contribution in [3.8, 4) is 28.3 Å². The molecule has 2 aromatic heterocycles. The molecule has 150 valence electrons. The maximum Gasteiger partial charge on any atom is 0.261 e. The number of nitrogen functional groups attached to an aromatic ring is 1. The number of nitrogens with zero attached hydrogens (tertiary/aromatic N) is 2. The van der Waals surface area contributed by atoms with E-state index in [1.54, 1.807) is 18.5 Å². The van der Waals surface area contributed by atoms with Gasteiger partial charge in [0.05, 0.1) is 16.6 Å². The van der Waals surface area contributed by atoms with Crippen molar-refractivity contribution in [1.82, 2.24) is 15.0 Å². The molecule has 30 heavy (non-hydrogen) atoms. The number of aromatic hydroxyl groups is 1. The number of nitrogens with one attached hydrogen (secondary N) is 1. The summed E-state index contributed by atoms with van der Waals surface area (Å²) in [4.78, 5) is 24.9. The number of phenolic OH excluding ortho intramolecular Hbond substituents is 1. The average Bonchev–Trinajstić information content (AvgIpc) is 3.58. The molecule has 0 radical (unpaired) electrons. The van der Waals surface area contributed by atoms with Crippen LogP contribution in [0.15, 0.2) is 47.5 Å². The van der Waals surface area contributed by atoms with Crippen LogP contribution < -0.4 is 11.3 Å². The summed E-state index contributed by atoms with van der Waals surface area (Å²) in [7, 11) is 0. The van der Waals surface area contributed by atoms with Gasteiger partial charge in [-0.15, -0.1) is 0 Å². The van der Waals surface area contributed by atoms with Crippen LogP contribution in [-0.4, -0.2) is 20.1 Å². The van der Waals surface area contributed by atoms with Crippen LogP contribution in [-0.2, 0) is 0 Å². The van der Waals surface area contributed by atoms with Crippen LogP contribution in [0.3, 0.4) is 0 Å². The molecule has 5 rings (SSSR count). The van der Waals surface area contributed by atoms with Crippen LogP contribution in [0.25, 0.3) is 33.4 Å². The van der Waals surface area contributed by atoms with Gasteiger partial charge in [-0.1, -0.05) is 6.07 Å². The summed E-state index contributed by atoms with van der Waals surface area (Å²) in [6.45, 7) is 3.85. The molecule has 4 N–H and O–H groups in total. The second-order valence-electron chi connectivity index (χ2n) is 7.98. The maximum absolute atomic E-state index is 13.2. The van der Waals surface area contributed by atoms with E-state index >= 15 is 0 Å². The van der Waals surface area contributed by atoms with E-state index in [4.69, 9.17) is 10.7 Å². The molecule has 0 bridgehead atoms. The molecule has 0 saturated heterocycles. The number of hydrogen-bond donors (Lipinski definition) is 3. The Morgan fingerprint density at radius 2 is 1.87 bits per heavy atom. The van der Waals surface area contributed by atoms with Gasteiger partial charge in [0.2, 0.25) is 0 Å². The summed E-state index contributed by atoms with van der Waals surface area (Å²) in [5.41, 5.74) is 12.6. The smallest absolute Gasteiger partial charge is 0.261 e. The zero-order valence-electron chi connectivity index (χ0n) is 16.9. The van der Waals surface area contributed by atoms with Gasteiger partial charge in [-0.25, -0.2) is 4.98 Å². The van der Waals surface area contributed by atoms with Gasteiger partial charge in [-0.3, -0.25) is 9.78 Å². The quantitative estimate of drug-likeness (QED) is 0.443. The van der Waals surface area contributed by atoms with Crippen molar-refractivity contribution in [2.75, 3.05) is 5.73 Å². The van der Waals surface area contributed by atoms with Crippen LogP contribution in [0.1, 0.15) is 35.4 Å². The summed E-state index contributed by atoms with van der Waals surface area (Å²) >= 11 is 0. The summed E-state index contributed by atoms with van der Waals surface area (Å²) < 4.78 is 0. The van der Waals surface area contributed by atoms with Gasteiger partial charge in [0.15, 0.2) is 0 Å². The minimum atomic E-state index is -0.261. The van der Waals surface area contributed by atoms with Crippen molar-refractivity contribution in [3.05, 3.63) is 69.8 Å². The van der Waals surface area contributed by atoms with E-state index < -0.39 is 0 Å². The minimum absolute atomic E-state index is 0.211. The minimum Gasteiger partial charge on any atom is -0.508 e. The van der Waals surface area contributed by atoms with Gasteiger partial charge in [0.1, 0.15) is 11.6 Å². The maximum atomic E-state index is 13.2. The summed E-state index contributed by atoms with van der Waals surface area (Å²) in [5, 5.41) is 10.7. The van der Waals surface area contributed by atoms with Crippen LogP contribution in [0.4, 0.5) is 5.69 Å². The number of aromatic nitrogens is 3. The first kappa shape index (κ1) is 18.4. The number of H-pyrrole nitrogens is 1. The average molecular weight is 398 g/mol. The van der Waals surface area contributed by atoms with Gasteiger partial charge >= 0.3 is 0 Å². The van der Waals surface area contributed by atoms with Gasteiger partial charge in [-0.2, -0.15) is 0 Å². The fraction of sp³-hybridized carbons (Fsp3) is 0.208. The first-order chi connectivity index (χ1) is 14.5. The Balaban J connectivity index is 1.85. The normalized spacial score (nSPS) is 13.7. The number of anilines is 1. The van der Waals surface area contributed by atoms with Crippen LogP contribution in [0.2, 0.25) is 0 Å². The lowest BCUT2D eigenvalue weighted by Gasteiger charge is -2.18. The van der Waals surface area contributed by atoms with Crippen molar-refractivity contribution in [3.63, 3.8) is 0 Å². The highest BCUT2D eigenvalue weighted by atomic mass is 16.3. The molecule has 6 nitrogen and oxygen atoms in total. The van der Waals surface area contributed by atoms with E-state index in [0.717, 1.165) is 46.2 Å². The second-order valence-corrected chi connectivity index (χ2v) is 7.98. The molecule has 2 aromatic carbocycles. The highest BCUT2D eigenvalue weighted by molar-refractivity contribution is 6.02. The number of rotatable bonds is 3. The SMILES string of the molecule is Cc1ccc(O)c(C)c1-c1cc(C2CC2)c2nc(-c3ccncc3)[nH]c(=O)c2c1N. The van der Waals surface area contributed by atoms with Gasteiger partial charge in [0.25, 0.3) is 5.56 Å². The Morgan fingerprint density at radius 1 is 1.13 bits per heavy atom. The highest BCUT2D eigenvalue weighted by Crippen LogP contribution is 2.47. The monoisotopic (exact) mass is 398 g/mol. The summed E-state index contributed by atoms with van der Waals surface area (Å²) in [6, 6.07) is 9.25. The number of nitrogens with two attached hydrogens (primary N) is 1.